The Morgan fingerprint density at radius 2 is 2.40 bits per heavy atom. The lowest BCUT2D eigenvalue weighted by Crippen LogP contribution is -2.42. The summed E-state index contributed by atoms with van der Waals surface area (Å²) in [6, 6.07) is 6.37. The van der Waals surface area contributed by atoms with Crippen LogP contribution in [0, 0.1) is 5.82 Å². The van der Waals surface area contributed by atoms with E-state index in [1.165, 1.54) is 12.1 Å². The predicted molar refractivity (Wildman–Crippen MR) is 74.6 cm³/mol. The van der Waals surface area contributed by atoms with Crippen LogP contribution in [0.15, 0.2) is 24.3 Å². The monoisotopic (exact) mass is 280 g/mol. The van der Waals surface area contributed by atoms with Gasteiger partial charge in [0.2, 0.25) is 5.91 Å². The van der Waals surface area contributed by atoms with E-state index in [0.29, 0.717) is 32.5 Å². The zero-order valence-electron chi connectivity index (χ0n) is 11.7. The first-order chi connectivity index (χ1) is 9.56. The van der Waals surface area contributed by atoms with Crippen LogP contribution >= 0.6 is 0 Å². The molecule has 1 aliphatic rings. The van der Waals surface area contributed by atoms with Gasteiger partial charge in [-0.05, 0) is 31.0 Å². The van der Waals surface area contributed by atoms with E-state index in [2.05, 4.69) is 0 Å². The van der Waals surface area contributed by atoms with Crippen molar-refractivity contribution in [1.29, 1.82) is 0 Å². The molecule has 4 nitrogen and oxygen atoms in total. The zero-order valence-corrected chi connectivity index (χ0v) is 11.7. The number of nitrogens with two attached hydrogens (primary N) is 1. The van der Waals surface area contributed by atoms with Crippen LogP contribution in [-0.2, 0) is 9.53 Å². The van der Waals surface area contributed by atoms with Gasteiger partial charge >= 0.3 is 0 Å². The van der Waals surface area contributed by atoms with Crippen molar-refractivity contribution in [1.82, 2.24) is 4.90 Å². The average Bonchev–Trinajstić information content (AvgIpc) is 2.45. The van der Waals surface area contributed by atoms with Crippen molar-refractivity contribution >= 4 is 5.91 Å². The Kier molecular flexibility index (Phi) is 5.09. The Bertz CT molecular complexity index is 465. The number of benzene rings is 1. The molecule has 0 aromatic heterocycles. The second-order valence-electron chi connectivity index (χ2n) is 5.27. The summed E-state index contributed by atoms with van der Waals surface area (Å²) in [5.74, 6) is -0.196. The highest BCUT2D eigenvalue weighted by atomic mass is 19.1. The van der Waals surface area contributed by atoms with Crippen molar-refractivity contribution in [2.75, 3.05) is 19.7 Å². The van der Waals surface area contributed by atoms with E-state index in [-0.39, 0.29) is 23.9 Å². The molecule has 1 aromatic carbocycles. The van der Waals surface area contributed by atoms with Gasteiger partial charge in [0.05, 0.1) is 13.2 Å². The van der Waals surface area contributed by atoms with E-state index < -0.39 is 0 Å². The van der Waals surface area contributed by atoms with Gasteiger partial charge in [0.25, 0.3) is 0 Å². The van der Waals surface area contributed by atoms with Crippen LogP contribution in [0.5, 0.6) is 0 Å². The van der Waals surface area contributed by atoms with Crippen molar-refractivity contribution in [3.05, 3.63) is 35.6 Å². The summed E-state index contributed by atoms with van der Waals surface area (Å²) < 4.78 is 18.9. The lowest BCUT2D eigenvalue weighted by atomic mass is 10.1. The number of amides is 1. The first kappa shape index (κ1) is 14.9. The fraction of sp³-hybridized carbons (Fsp3) is 0.533. The lowest BCUT2D eigenvalue weighted by Gasteiger charge is -2.33. The molecule has 0 spiro atoms. The molecule has 1 saturated heterocycles. The quantitative estimate of drug-likeness (QED) is 0.915. The van der Waals surface area contributed by atoms with Crippen molar-refractivity contribution < 1.29 is 13.9 Å². The smallest absolute Gasteiger partial charge is 0.222 e. The molecule has 0 saturated carbocycles. The average molecular weight is 280 g/mol. The molecule has 2 unspecified atom stereocenters. The van der Waals surface area contributed by atoms with Crippen molar-refractivity contribution in [3.8, 4) is 0 Å². The van der Waals surface area contributed by atoms with E-state index in [1.807, 2.05) is 13.0 Å². The largest absolute Gasteiger partial charge is 0.370 e. The Hall–Kier alpha value is -1.46. The SMILES string of the molecule is CC(N)CCC(=O)N1CCOC(c2cccc(F)c2)C1. The van der Waals surface area contributed by atoms with Gasteiger partial charge in [-0.3, -0.25) is 4.79 Å². The minimum absolute atomic E-state index is 0.0269. The third-order valence-electron chi connectivity index (χ3n) is 3.45. The van der Waals surface area contributed by atoms with Gasteiger partial charge in [-0.25, -0.2) is 4.39 Å². The Morgan fingerprint density at radius 3 is 3.10 bits per heavy atom. The van der Waals surface area contributed by atoms with Crippen LogP contribution in [-0.4, -0.2) is 36.5 Å². The number of ether oxygens (including phenoxy) is 1. The summed E-state index contributed by atoms with van der Waals surface area (Å²) in [4.78, 5) is 13.9. The third-order valence-corrected chi connectivity index (χ3v) is 3.45. The number of morpholine rings is 1. The van der Waals surface area contributed by atoms with Crippen LogP contribution in [0.4, 0.5) is 4.39 Å². The zero-order chi connectivity index (χ0) is 14.5. The second kappa shape index (κ2) is 6.81. The van der Waals surface area contributed by atoms with Crippen molar-refractivity contribution in [2.24, 2.45) is 5.73 Å². The normalized spacial score (nSPS) is 20.8. The van der Waals surface area contributed by atoms with E-state index in [1.54, 1.807) is 11.0 Å². The number of carbonyl (C=O) groups excluding carboxylic acids is 1. The molecule has 0 radical (unpaired) electrons. The van der Waals surface area contributed by atoms with Gasteiger partial charge in [-0.2, -0.15) is 0 Å². The minimum atomic E-state index is -0.286. The van der Waals surface area contributed by atoms with Gasteiger partial charge in [0.1, 0.15) is 11.9 Å². The van der Waals surface area contributed by atoms with Gasteiger partial charge in [0.15, 0.2) is 0 Å². The minimum Gasteiger partial charge on any atom is -0.370 e. The summed E-state index contributed by atoms with van der Waals surface area (Å²) in [5.41, 5.74) is 6.44. The summed E-state index contributed by atoms with van der Waals surface area (Å²) in [6.45, 7) is 3.43. The molecule has 0 bridgehead atoms. The number of hydrogen-bond donors (Lipinski definition) is 1. The van der Waals surface area contributed by atoms with Crippen molar-refractivity contribution in [3.63, 3.8) is 0 Å². The maximum Gasteiger partial charge on any atom is 0.222 e. The molecular weight excluding hydrogens is 259 g/mol. The highest BCUT2D eigenvalue weighted by Gasteiger charge is 2.25. The molecule has 110 valence electrons. The molecule has 2 rings (SSSR count). The Labute approximate surface area is 118 Å². The van der Waals surface area contributed by atoms with Crippen LogP contribution in [0.1, 0.15) is 31.4 Å². The Balaban J connectivity index is 1.96. The summed E-state index contributed by atoms with van der Waals surface area (Å²) in [6.07, 6.45) is 0.882. The van der Waals surface area contributed by atoms with Gasteiger partial charge in [-0.15, -0.1) is 0 Å². The molecule has 2 N–H and O–H groups in total. The molecule has 0 aliphatic carbocycles. The van der Waals surface area contributed by atoms with Gasteiger partial charge in [0, 0.05) is 19.0 Å². The standard InChI is InChI=1S/C15H21FN2O2/c1-11(17)5-6-15(19)18-7-8-20-14(10-18)12-3-2-4-13(16)9-12/h2-4,9,11,14H,5-8,10,17H2,1H3. The summed E-state index contributed by atoms with van der Waals surface area (Å²) >= 11 is 0. The summed E-state index contributed by atoms with van der Waals surface area (Å²) in [5, 5.41) is 0. The van der Waals surface area contributed by atoms with Gasteiger partial charge < -0.3 is 15.4 Å². The first-order valence-electron chi connectivity index (χ1n) is 6.96. The molecule has 1 aliphatic heterocycles. The third kappa shape index (κ3) is 4.02. The van der Waals surface area contributed by atoms with Crippen LogP contribution in [0.25, 0.3) is 0 Å². The maximum atomic E-state index is 13.2. The molecule has 20 heavy (non-hydrogen) atoms. The fourth-order valence-corrected chi connectivity index (χ4v) is 2.29. The van der Waals surface area contributed by atoms with Gasteiger partial charge in [-0.1, -0.05) is 12.1 Å². The Morgan fingerprint density at radius 1 is 1.60 bits per heavy atom. The molecule has 5 heteroatoms. The molecule has 1 amide bonds. The molecule has 1 heterocycles. The topological polar surface area (TPSA) is 55.6 Å². The fourth-order valence-electron chi connectivity index (χ4n) is 2.29. The maximum absolute atomic E-state index is 13.2. The molecule has 2 atom stereocenters. The molecular formula is C15H21FN2O2. The number of nitrogens with zero attached hydrogens (tertiary/aromatic N) is 1. The van der Waals surface area contributed by atoms with E-state index in [4.69, 9.17) is 10.5 Å². The second-order valence-corrected chi connectivity index (χ2v) is 5.27. The van der Waals surface area contributed by atoms with E-state index in [0.717, 1.165) is 5.56 Å². The lowest BCUT2D eigenvalue weighted by molar-refractivity contribution is -0.139. The van der Waals surface area contributed by atoms with E-state index >= 15 is 0 Å². The predicted octanol–water partition coefficient (Wildman–Crippen LogP) is 1.85. The van der Waals surface area contributed by atoms with Crippen LogP contribution in [0.3, 0.4) is 0 Å². The van der Waals surface area contributed by atoms with Crippen LogP contribution in [0.2, 0.25) is 0 Å². The van der Waals surface area contributed by atoms with Crippen LogP contribution < -0.4 is 5.73 Å². The number of carbonyl (C=O) groups is 1. The first-order valence-corrected chi connectivity index (χ1v) is 6.96. The number of hydrogen-bond acceptors (Lipinski definition) is 3. The van der Waals surface area contributed by atoms with Crippen molar-refractivity contribution in [2.45, 2.75) is 31.9 Å². The molecule has 1 fully saturated rings. The number of halogens is 1. The number of rotatable bonds is 4. The van der Waals surface area contributed by atoms with E-state index in [9.17, 15) is 9.18 Å². The highest BCUT2D eigenvalue weighted by Crippen LogP contribution is 2.23. The summed E-state index contributed by atoms with van der Waals surface area (Å²) in [7, 11) is 0. The molecule has 1 aromatic rings. The highest BCUT2D eigenvalue weighted by molar-refractivity contribution is 5.76.